The molecule has 0 saturated heterocycles. The normalized spacial score (nSPS) is 10.4. The van der Waals surface area contributed by atoms with Gasteiger partial charge >= 0.3 is 0 Å². The van der Waals surface area contributed by atoms with E-state index in [0.29, 0.717) is 12.6 Å². The van der Waals surface area contributed by atoms with Crippen LogP contribution in [0.1, 0.15) is 33.3 Å². The van der Waals surface area contributed by atoms with Crippen molar-refractivity contribution in [1.82, 2.24) is 5.32 Å². The lowest BCUT2D eigenvalue weighted by Gasteiger charge is -2.09. The molecule has 0 bridgehead atoms. The average Bonchev–Trinajstić information content (AvgIpc) is 2.27. The van der Waals surface area contributed by atoms with E-state index in [2.05, 4.69) is 51.2 Å². The first-order valence-electron chi connectivity index (χ1n) is 6.16. The molecule has 0 atom stereocenters. The van der Waals surface area contributed by atoms with Gasteiger partial charge in [0.05, 0.1) is 0 Å². The summed E-state index contributed by atoms with van der Waals surface area (Å²) in [5.74, 6) is 0.927. The molecule has 17 heavy (non-hydrogen) atoms. The van der Waals surface area contributed by atoms with E-state index >= 15 is 0 Å². The van der Waals surface area contributed by atoms with Gasteiger partial charge in [-0.3, -0.25) is 0 Å². The zero-order chi connectivity index (χ0) is 12.7. The Morgan fingerprint density at radius 2 is 1.88 bits per heavy atom. The van der Waals surface area contributed by atoms with Gasteiger partial charge in [0, 0.05) is 12.6 Å². The van der Waals surface area contributed by atoms with Crippen LogP contribution in [-0.2, 0) is 6.54 Å². The second-order valence-electron chi connectivity index (χ2n) is 4.77. The van der Waals surface area contributed by atoms with Crippen LogP contribution in [0.4, 0.5) is 0 Å². The second kappa shape index (κ2) is 7.13. The molecule has 1 N–H and O–H groups in total. The van der Waals surface area contributed by atoms with Crippen LogP contribution in [0.2, 0.25) is 0 Å². The lowest BCUT2D eigenvalue weighted by atomic mass is 10.2. The minimum absolute atomic E-state index is 0.517. The summed E-state index contributed by atoms with van der Waals surface area (Å²) in [7, 11) is 0. The van der Waals surface area contributed by atoms with E-state index in [9.17, 15) is 0 Å². The van der Waals surface area contributed by atoms with Gasteiger partial charge in [-0.25, -0.2) is 0 Å². The summed E-state index contributed by atoms with van der Waals surface area (Å²) in [6, 6.07) is 8.77. The molecule has 0 amide bonds. The fourth-order valence-electron chi connectivity index (χ4n) is 1.33. The lowest BCUT2D eigenvalue weighted by Crippen LogP contribution is -2.21. The Bertz CT molecular complexity index is 348. The van der Waals surface area contributed by atoms with E-state index in [4.69, 9.17) is 4.74 Å². The van der Waals surface area contributed by atoms with E-state index in [1.54, 1.807) is 0 Å². The number of hydrogen-bond donors (Lipinski definition) is 1. The molecular weight excluding hydrogens is 210 g/mol. The lowest BCUT2D eigenvalue weighted by molar-refractivity contribution is 0.362. The van der Waals surface area contributed by atoms with Crippen molar-refractivity contribution < 1.29 is 4.74 Å². The Hall–Kier alpha value is -1.28. The van der Waals surface area contributed by atoms with Crippen molar-refractivity contribution in [2.75, 3.05) is 6.61 Å². The van der Waals surface area contributed by atoms with Crippen LogP contribution < -0.4 is 10.1 Å². The summed E-state index contributed by atoms with van der Waals surface area (Å²) in [5.41, 5.74) is 2.57. The molecule has 0 aliphatic carbocycles. The molecule has 0 radical (unpaired) electrons. The molecule has 0 spiro atoms. The molecule has 1 rings (SSSR count). The van der Waals surface area contributed by atoms with E-state index < -0.39 is 0 Å². The van der Waals surface area contributed by atoms with Crippen LogP contribution in [0.25, 0.3) is 0 Å². The van der Waals surface area contributed by atoms with E-state index in [-0.39, 0.29) is 0 Å². The molecule has 2 heteroatoms. The molecule has 0 aliphatic heterocycles. The third-order valence-electron chi connectivity index (χ3n) is 2.38. The molecule has 0 fully saturated rings. The third kappa shape index (κ3) is 6.12. The van der Waals surface area contributed by atoms with Crippen LogP contribution in [-0.4, -0.2) is 12.6 Å². The van der Waals surface area contributed by atoms with Gasteiger partial charge in [-0.15, -0.1) is 0 Å². The zero-order valence-corrected chi connectivity index (χ0v) is 11.3. The van der Waals surface area contributed by atoms with Crippen molar-refractivity contribution >= 4 is 0 Å². The number of rotatable bonds is 6. The average molecular weight is 233 g/mol. The fraction of sp³-hybridized carbons (Fsp3) is 0.467. The smallest absolute Gasteiger partial charge is 0.119 e. The van der Waals surface area contributed by atoms with Gasteiger partial charge in [-0.2, -0.15) is 0 Å². The number of benzene rings is 1. The van der Waals surface area contributed by atoms with Gasteiger partial charge < -0.3 is 10.1 Å². The predicted octanol–water partition coefficient (Wildman–Crippen LogP) is 3.53. The first kappa shape index (κ1) is 13.8. The van der Waals surface area contributed by atoms with Crippen molar-refractivity contribution in [1.29, 1.82) is 0 Å². The summed E-state index contributed by atoms with van der Waals surface area (Å²) in [6.45, 7) is 10.00. The molecule has 0 aromatic heterocycles. The summed E-state index contributed by atoms with van der Waals surface area (Å²) < 4.78 is 5.60. The Kier molecular flexibility index (Phi) is 5.78. The molecule has 1 aromatic carbocycles. The largest absolute Gasteiger partial charge is 0.490 e. The molecule has 0 heterocycles. The van der Waals surface area contributed by atoms with Crippen LogP contribution in [0, 0.1) is 0 Å². The number of nitrogens with one attached hydrogen (secondary N) is 1. The molecule has 0 unspecified atom stereocenters. The number of ether oxygens (including phenoxy) is 1. The highest BCUT2D eigenvalue weighted by Gasteiger charge is 1.96. The van der Waals surface area contributed by atoms with Crippen molar-refractivity contribution in [2.45, 2.75) is 40.3 Å². The Morgan fingerprint density at radius 1 is 1.24 bits per heavy atom. The highest BCUT2D eigenvalue weighted by molar-refractivity contribution is 5.27. The van der Waals surface area contributed by atoms with Gasteiger partial charge in [0.2, 0.25) is 0 Å². The summed E-state index contributed by atoms with van der Waals surface area (Å²) in [6.07, 6.45) is 2.08. The maximum absolute atomic E-state index is 5.60. The summed E-state index contributed by atoms with van der Waals surface area (Å²) >= 11 is 0. The maximum Gasteiger partial charge on any atom is 0.119 e. The highest BCUT2D eigenvalue weighted by Crippen LogP contribution is 2.12. The van der Waals surface area contributed by atoms with Gasteiger partial charge in [0.1, 0.15) is 12.4 Å². The molecule has 0 aliphatic rings. The van der Waals surface area contributed by atoms with Gasteiger partial charge in [0.25, 0.3) is 0 Å². The fourth-order valence-corrected chi connectivity index (χ4v) is 1.33. The number of allylic oxidation sites excluding steroid dienone is 1. The SMILES string of the molecule is CC(C)=CCOc1ccc(CNC(C)C)cc1. The van der Waals surface area contributed by atoms with Gasteiger partial charge in [-0.1, -0.05) is 31.6 Å². The van der Waals surface area contributed by atoms with Crippen molar-refractivity contribution in [3.05, 3.63) is 41.5 Å². The van der Waals surface area contributed by atoms with Crippen LogP contribution in [0.15, 0.2) is 35.9 Å². The topological polar surface area (TPSA) is 21.3 Å². The zero-order valence-electron chi connectivity index (χ0n) is 11.3. The van der Waals surface area contributed by atoms with Crippen molar-refractivity contribution in [3.8, 4) is 5.75 Å². The molecule has 0 saturated carbocycles. The first-order chi connectivity index (χ1) is 8.08. The predicted molar refractivity (Wildman–Crippen MR) is 73.3 cm³/mol. The minimum atomic E-state index is 0.517. The highest BCUT2D eigenvalue weighted by atomic mass is 16.5. The van der Waals surface area contributed by atoms with Gasteiger partial charge in [0.15, 0.2) is 0 Å². The Labute approximate surface area is 105 Å². The second-order valence-corrected chi connectivity index (χ2v) is 4.77. The van der Waals surface area contributed by atoms with E-state index in [0.717, 1.165) is 12.3 Å². The standard InChI is InChI=1S/C15H23NO/c1-12(2)9-10-17-15-7-5-14(6-8-15)11-16-13(3)4/h5-9,13,16H,10-11H2,1-4H3. The quantitative estimate of drug-likeness (QED) is 0.759. The Morgan fingerprint density at radius 3 is 2.41 bits per heavy atom. The van der Waals surface area contributed by atoms with Crippen LogP contribution in [0.3, 0.4) is 0 Å². The van der Waals surface area contributed by atoms with E-state index in [1.807, 2.05) is 12.1 Å². The molecule has 94 valence electrons. The van der Waals surface area contributed by atoms with Crippen molar-refractivity contribution in [3.63, 3.8) is 0 Å². The molecule has 1 aromatic rings. The maximum atomic E-state index is 5.60. The molecule has 2 nitrogen and oxygen atoms in total. The Balaban J connectivity index is 2.42. The van der Waals surface area contributed by atoms with E-state index in [1.165, 1.54) is 11.1 Å². The van der Waals surface area contributed by atoms with Crippen LogP contribution >= 0.6 is 0 Å². The first-order valence-corrected chi connectivity index (χ1v) is 6.16. The van der Waals surface area contributed by atoms with Gasteiger partial charge in [-0.05, 0) is 37.6 Å². The third-order valence-corrected chi connectivity index (χ3v) is 2.38. The summed E-state index contributed by atoms with van der Waals surface area (Å²) in [4.78, 5) is 0. The molecular formula is C15H23NO. The minimum Gasteiger partial charge on any atom is -0.490 e. The summed E-state index contributed by atoms with van der Waals surface area (Å²) in [5, 5.41) is 3.39. The number of hydrogen-bond acceptors (Lipinski definition) is 2. The van der Waals surface area contributed by atoms with Crippen molar-refractivity contribution in [2.24, 2.45) is 0 Å². The van der Waals surface area contributed by atoms with Crippen LogP contribution in [0.5, 0.6) is 5.75 Å². The monoisotopic (exact) mass is 233 g/mol.